The zero-order valence-electron chi connectivity index (χ0n) is 8.27. The Morgan fingerprint density at radius 1 is 1.64 bits per heavy atom. The Hall–Kier alpha value is -1.10. The maximum atomic E-state index is 10.9. The largest absolute Gasteiger partial charge is 0.481 e. The number of aliphatic carboxylic acids is 1. The fourth-order valence-electron chi connectivity index (χ4n) is 1.74. The summed E-state index contributed by atoms with van der Waals surface area (Å²) >= 11 is 0. The minimum Gasteiger partial charge on any atom is -0.481 e. The zero-order valence-corrected chi connectivity index (χ0v) is 8.27. The molecule has 2 unspecified atom stereocenters. The summed E-state index contributed by atoms with van der Waals surface area (Å²) in [5.74, 6) is -1.11. The molecule has 1 rings (SSSR count). The van der Waals surface area contributed by atoms with Crippen molar-refractivity contribution in [3.8, 4) is 0 Å². The summed E-state index contributed by atoms with van der Waals surface area (Å²) in [6.45, 7) is 2.77. The molecule has 1 aliphatic rings. The number of likely N-dealkylation sites (tertiary alicyclic amines) is 1. The predicted octanol–water partition coefficient (Wildman–Crippen LogP) is -0.201. The molecule has 2 atom stereocenters. The van der Waals surface area contributed by atoms with Crippen LogP contribution in [0.2, 0.25) is 0 Å². The topological polar surface area (TPSA) is 83.6 Å². The number of hydrogen-bond donors (Lipinski definition) is 2. The maximum Gasteiger partial charge on any atom is 0.303 e. The normalized spacial score (nSPS) is 23.9. The van der Waals surface area contributed by atoms with E-state index in [1.165, 1.54) is 0 Å². The summed E-state index contributed by atoms with van der Waals surface area (Å²) in [7, 11) is 0. The van der Waals surface area contributed by atoms with Gasteiger partial charge in [-0.1, -0.05) is 0 Å². The van der Waals surface area contributed by atoms with Gasteiger partial charge in [0, 0.05) is 19.0 Å². The Morgan fingerprint density at radius 2 is 2.29 bits per heavy atom. The van der Waals surface area contributed by atoms with Crippen molar-refractivity contribution in [2.24, 2.45) is 5.73 Å². The van der Waals surface area contributed by atoms with Crippen molar-refractivity contribution in [3.63, 3.8) is 0 Å². The molecule has 1 amide bonds. The van der Waals surface area contributed by atoms with Crippen LogP contribution in [0.3, 0.4) is 0 Å². The van der Waals surface area contributed by atoms with E-state index in [1.807, 2.05) is 11.8 Å². The molecule has 80 valence electrons. The van der Waals surface area contributed by atoms with Crippen LogP contribution < -0.4 is 5.73 Å². The van der Waals surface area contributed by atoms with Crippen LogP contribution in [0.4, 0.5) is 0 Å². The molecule has 1 heterocycles. The lowest BCUT2D eigenvalue weighted by atomic mass is 9.97. The third-order valence-electron chi connectivity index (χ3n) is 2.73. The van der Waals surface area contributed by atoms with Gasteiger partial charge >= 0.3 is 5.97 Å². The molecule has 0 aromatic heterocycles. The fourth-order valence-corrected chi connectivity index (χ4v) is 1.74. The van der Waals surface area contributed by atoms with Crippen molar-refractivity contribution >= 4 is 11.9 Å². The summed E-state index contributed by atoms with van der Waals surface area (Å²) in [6.07, 6.45) is 1.51. The van der Waals surface area contributed by atoms with Crippen LogP contribution in [0.5, 0.6) is 0 Å². The summed E-state index contributed by atoms with van der Waals surface area (Å²) in [5.41, 5.74) is 5.18. The van der Waals surface area contributed by atoms with Gasteiger partial charge < -0.3 is 10.8 Å². The summed E-state index contributed by atoms with van der Waals surface area (Å²) in [5, 5.41) is 8.50. The highest BCUT2D eigenvalue weighted by Crippen LogP contribution is 2.22. The fraction of sp³-hybridized carbons (Fsp3) is 0.778. The molecule has 5 nitrogen and oxygen atoms in total. The molecule has 0 spiro atoms. The number of nitrogens with zero attached hydrogens (tertiary/aromatic N) is 1. The SMILES string of the molecule is CC(CCC(=O)O)N1CCC1C(N)=O. The van der Waals surface area contributed by atoms with Crippen LogP contribution in [-0.2, 0) is 9.59 Å². The highest BCUT2D eigenvalue weighted by Gasteiger charge is 2.35. The third kappa shape index (κ3) is 2.45. The summed E-state index contributed by atoms with van der Waals surface area (Å²) in [6, 6.07) is -0.0591. The smallest absolute Gasteiger partial charge is 0.303 e. The van der Waals surface area contributed by atoms with Crippen molar-refractivity contribution in [2.45, 2.75) is 38.3 Å². The van der Waals surface area contributed by atoms with Gasteiger partial charge in [-0.3, -0.25) is 14.5 Å². The number of rotatable bonds is 5. The minimum atomic E-state index is -0.798. The molecular formula is C9H16N2O3. The van der Waals surface area contributed by atoms with E-state index < -0.39 is 5.97 Å². The Bertz CT molecular complexity index is 242. The quantitative estimate of drug-likeness (QED) is 0.643. The van der Waals surface area contributed by atoms with Crippen molar-refractivity contribution in [3.05, 3.63) is 0 Å². The van der Waals surface area contributed by atoms with Gasteiger partial charge in [0.05, 0.1) is 6.04 Å². The second-order valence-electron chi connectivity index (χ2n) is 3.73. The van der Waals surface area contributed by atoms with E-state index in [-0.39, 0.29) is 24.4 Å². The van der Waals surface area contributed by atoms with Crippen molar-refractivity contribution in [1.82, 2.24) is 4.90 Å². The average Bonchev–Trinajstić information content (AvgIpc) is 1.97. The lowest BCUT2D eigenvalue weighted by Crippen LogP contribution is -2.58. The van der Waals surface area contributed by atoms with Gasteiger partial charge in [-0.25, -0.2) is 0 Å². The lowest BCUT2D eigenvalue weighted by molar-refractivity contribution is -0.137. The van der Waals surface area contributed by atoms with Gasteiger partial charge in [-0.05, 0) is 19.8 Å². The van der Waals surface area contributed by atoms with E-state index in [4.69, 9.17) is 10.8 Å². The Morgan fingerprint density at radius 3 is 2.64 bits per heavy atom. The molecule has 1 fully saturated rings. The maximum absolute atomic E-state index is 10.9. The molecule has 0 bridgehead atoms. The number of amides is 1. The zero-order chi connectivity index (χ0) is 10.7. The number of primary amides is 1. The number of carboxylic acid groups (broad SMARTS) is 1. The van der Waals surface area contributed by atoms with Crippen molar-refractivity contribution < 1.29 is 14.7 Å². The first kappa shape index (κ1) is 11.0. The molecule has 0 aromatic rings. The van der Waals surface area contributed by atoms with Crippen LogP contribution in [0.1, 0.15) is 26.2 Å². The number of carbonyl (C=O) groups is 2. The Balaban J connectivity index is 2.34. The molecule has 0 aromatic carbocycles. The number of nitrogens with two attached hydrogens (primary N) is 1. The molecule has 3 N–H and O–H groups in total. The molecule has 5 heteroatoms. The third-order valence-corrected chi connectivity index (χ3v) is 2.73. The van der Waals surface area contributed by atoms with Gasteiger partial charge in [-0.2, -0.15) is 0 Å². The first-order valence-corrected chi connectivity index (χ1v) is 4.79. The van der Waals surface area contributed by atoms with Crippen LogP contribution in [0, 0.1) is 0 Å². The molecule has 1 saturated heterocycles. The van der Waals surface area contributed by atoms with E-state index in [9.17, 15) is 9.59 Å². The first-order valence-electron chi connectivity index (χ1n) is 4.79. The lowest BCUT2D eigenvalue weighted by Gasteiger charge is -2.43. The molecule has 14 heavy (non-hydrogen) atoms. The van der Waals surface area contributed by atoms with E-state index in [0.717, 1.165) is 13.0 Å². The van der Waals surface area contributed by atoms with Gasteiger partial charge in [0.25, 0.3) is 0 Å². The van der Waals surface area contributed by atoms with E-state index in [1.54, 1.807) is 0 Å². The molecule has 0 saturated carbocycles. The molecular weight excluding hydrogens is 184 g/mol. The van der Waals surface area contributed by atoms with Gasteiger partial charge in [-0.15, -0.1) is 0 Å². The van der Waals surface area contributed by atoms with Crippen LogP contribution in [0.25, 0.3) is 0 Å². The average molecular weight is 200 g/mol. The van der Waals surface area contributed by atoms with E-state index >= 15 is 0 Å². The van der Waals surface area contributed by atoms with Gasteiger partial charge in [0.2, 0.25) is 5.91 Å². The number of carboxylic acids is 1. The van der Waals surface area contributed by atoms with Gasteiger partial charge in [0.15, 0.2) is 0 Å². The highest BCUT2D eigenvalue weighted by molar-refractivity contribution is 5.80. The molecule has 0 aliphatic carbocycles. The monoisotopic (exact) mass is 200 g/mol. The minimum absolute atomic E-state index is 0.123. The highest BCUT2D eigenvalue weighted by atomic mass is 16.4. The number of hydrogen-bond acceptors (Lipinski definition) is 3. The van der Waals surface area contributed by atoms with Crippen molar-refractivity contribution in [2.75, 3.05) is 6.54 Å². The Labute approximate surface area is 82.9 Å². The summed E-state index contributed by atoms with van der Waals surface area (Å²) in [4.78, 5) is 23.2. The Kier molecular flexibility index (Phi) is 3.46. The second kappa shape index (κ2) is 4.41. The van der Waals surface area contributed by atoms with E-state index in [2.05, 4.69) is 0 Å². The molecule has 1 aliphatic heterocycles. The summed E-state index contributed by atoms with van der Waals surface area (Å²) < 4.78 is 0. The number of carbonyl (C=O) groups excluding carboxylic acids is 1. The van der Waals surface area contributed by atoms with Crippen LogP contribution in [0.15, 0.2) is 0 Å². The predicted molar refractivity (Wildman–Crippen MR) is 50.6 cm³/mol. The van der Waals surface area contributed by atoms with E-state index in [0.29, 0.717) is 6.42 Å². The first-order chi connectivity index (χ1) is 6.52. The van der Waals surface area contributed by atoms with Crippen LogP contribution >= 0.6 is 0 Å². The standard InChI is InChI=1S/C9H16N2O3/c1-6(2-3-8(12)13)11-5-4-7(11)9(10)14/h6-7H,2-5H2,1H3,(H2,10,14)(H,12,13). The second-order valence-corrected chi connectivity index (χ2v) is 3.73. The van der Waals surface area contributed by atoms with Crippen molar-refractivity contribution in [1.29, 1.82) is 0 Å². The van der Waals surface area contributed by atoms with Crippen LogP contribution in [-0.4, -0.2) is 40.5 Å². The molecule has 0 radical (unpaired) electrons. The van der Waals surface area contributed by atoms with Gasteiger partial charge in [0.1, 0.15) is 0 Å².